The van der Waals surface area contributed by atoms with Crippen LogP contribution in [0.4, 0.5) is 0 Å². The van der Waals surface area contributed by atoms with Gasteiger partial charge in [-0.15, -0.1) is 11.8 Å². The van der Waals surface area contributed by atoms with Crippen molar-refractivity contribution in [3.63, 3.8) is 0 Å². The Kier molecular flexibility index (Phi) is 9.94. The predicted molar refractivity (Wildman–Crippen MR) is 137 cm³/mol. The number of thioether (sulfide) groups is 1. The van der Waals surface area contributed by atoms with E-state index in [9.17, 15) is 9.59 Å². The summed E-state index contributed by atoms with van der Waals surface area (Å²) >= 11 is 11.3. The Hall–Kier alpha value is -1.50. The summed E-state index contributed by atoms with van der Waals surface area (Å²) in [4.78, 5) is 27.9. The molecule has 1 atom stereocenters. The number of benzene rings is 2. The lowest BCUT2D eigenvalue weighted by Crippen LogP contribution is -2.50. The zero-order valence-corrected chi connectivity index (χ0v) is 21.5. The monoisotopic (exact) mass is 536 g/mol. The summed E-state index contributed by atoms with van der Waals surface area (Å²) in [6, 6.07) is 15.2. The van der Waals surface area contributed by atoms with Gasteiger partial charge in [-0.3, -0.25) is 9.59 Å². The maximum atomic E-state index is 13.2. The molecular weight excluding hydrogens is 508 g/mol. The Morgan fingerprint density at radius 3 is 2.62 bits per heavy atom. The number of amides is 2. The largest absolute Gasteiger partial charge is 0.352 e. The molecule has 1 aliphatic rings. The highest BCUT2D eigenvalue weighted by Crippen LogP contribution is 2.23. The Labute approximate surface area is 208 Å². The topological polar surface area (TPSA) is 49.4 Å². The van der Waals surface area contributed by atoms with E-state index in [0.717, 1.165) is 41.3 Å². The van der Waals surface area contributed by atoms with Gasteiger partial charge in [0.1, 0.15) is 6.04 Å². The van der Waals surface area contributed by atoms with Crippen molar-refractivity contribution < 1.29 is 9.59 Å². The van der Waals surface area contributed by atoms with Gasteiger partial charge in [-0.05, 0) is 49.1 Å². The SMILES string of the molecule is C[C@H](C(=O)NC1CCCCC1)N(Cc1cccc(Br)c1)C(=O)CSCc1ccccc1Cl. The third-order valence-electron chi connectivity index (χ3n) is 5.80. The van der Waals surface area contributed by atoms with E-state index < -0.39 is 6.04 Å². The highest BCUT2D eigenvalue weighted by molar-refractivity contribution is 9.10. The van der Waals surface area contributed by atoms with Crippen molar-refractivity contribution in [2.75, 3.05) is 5.75 Å². The molecule has 0 radical (unpaired) electrons. The number of hydrogen-bond acceptors (Lipinski definition) is 3. The second-order valence-electron chi connectivity index (χ2n) is 8.26. The van der Waals surface area contributed by atoms with Gasteiger partial charge in [0.15, 0.2) is 0 Å². The van der Waals surface area contributed by atoms with E-state index >= 15 is 0 Å². The highest BCUT2D eigenvalue weighted by atomic mass is 79.9. The highest BCUT2D eigenvalue weighted by Gasteiger charge is 2.28. The zero-order valence-electron chi connectivity index (χ0n) is 18.4. The molecule has 0 unspecified atom stereocenters. The van der Waals surface area contributed by atoms with Crippen LogP contribution in [0.5, 0.6) is 0 Å². The van der Waals surface area contributed by atoms with Crippen molar-refractivity contribution in [1.29, 1.82) is 0 Å². The molecule has 0 aromatic heterocycles. The molecule has 1 aliphatic carbocycles. The maximum Gasteiger partial charge on any atom is 0.242 e. The molecule has 1 N–H and O–H groups in total. The van der Waals surface area contributed by atoms with Crippen LogP contribution in [0.25, 0.3) is 0 Å². The normalized spacial score (nSPS) is 15.2. The minimum Gasteiger partial charge on any atom is -0.352 e. The summed E-state index contributed by atoms with van der Waals surface area (Å²) in [7, 11) is 0. The lowest BCUT2D eigenvalue weighted by Gasteiger charge is -2.31. The molecule has 0 aliphatic heterocycles. The quantitative estimate of drug-likeness (QED) is 0.414. The van der Waals surface area contributed by atoms with Crippen molar-refractivity contribution in [3.05, 3.63) is 69.2 Å². The van der Waals surface area contributed by atoms with Gasteiger partial charge in [0, 0.05) is 27.8 Å². The molecule has 4 nitrogen and oxygen atoms in total. The molecule has 2 amide bonds. The minimum atomic E-state index is -0.538. The van der Waals surface area contributed by atoms with Gasteiger partial charge in [0.25, 0.3) is 0 Å². The average Bonchev–Trinajstić information content (AvgIpc) is 2.79. The van der Waals surface area contributed by atoms with Gasteiger partial charge < -0.3 is 10.2 Å². The maximum absolute atomic E-state index is 13.2. The lowest BCUT2D eigenvalue weighted by molar-refractivity contribution is -0.139. The van der Waals surface area contributed by atoms with Gasteiger partial charge in [0.2, 0.25) is 11.8 Å². The van der Waals surface area contributed by atoms with Gasteiger partial charge >= 0.3 is 0 Å². The minimum absolute atomic E-state index is 0.0478. The molecule has 1 saturated carbocycles. The standard InChI is InChI=1S/C25H30BrClN2O2S/c1-18(25(31)28-22-11-3-2-4-12-22)29(15-19-8-7-10-21(26)14-19)24(30)17-32-16-20-9-5-6-13-23(20)27/h5-10,13-14,18,22H,2-4,11-12,15-17H2,1H3,(H,28,31)/t18-/m1/s1. The third kappa shape index (κ3) is 7.53. The van der Waals surface area contributed by atoms with Gasteiger partial charge in [-0.2, -0.15) is 0 Å². The van der Waals surface area contributed by atoms with Crippen molar-refractivity contribution in [1.82, 2.24) is 10.2 Å². The molecule has 172 valence electrons. The molecule has 3 rings (SSSR count). The summed E-state index contributed by atoms with van der Waals surface area (Å²) < 4.78 is 0.954. The van der Waals surface area contributed by atoms with E-state index in [0.29, 0.717) is 23.1 Å². The second kappa shape index (κ2) is 12.7. The summed E-state index contributed by atoms with van der Waals surface area (Å²) in [5.41, 5.74) is 2.00. The van der Waals surface area contributed by atoms with Crippen LogP contribution < -0.4 is 5.32 Å². The Balaban J connectivity index is 1.66. The summed E-state index contributed by atoms with van der Waals surface area (Å²) in [5.74, 6) is 0.823. The molecule has 2 aromatic rings. The summed E-state index contributed by atoms with van der Waals surface area (Å²) in [6.07, 6.45) is 5.58. The molecule has 0 heterocycles. The lowest BCUT2D eigenvalue weighted by atomic mass is 9.95. The molecule has 0 saturated heterocycles. The van der Waals surface area contributed by atoms with Crippen LogP contribution in [0.1, 0.15) is 50.2 Å². The van der Waals surface area contributed by atoms with E-state index in [2.05, 4.69) is 21.2 Å². The molecule has 32 heavy (non-hydrogen) atoms. The fourth-order valence-corrected chi connectivity index (χ4v) is 5.57. The van der Waals surface area contributed by atoms with E-state index in [4.69, 9.17) is 11.6 Å². The van der Waals surface area contributed by atoms with Crippen LogP contribution >= 0.6 is 39.3 Å². The van der Waals surface area contributed by atoms with Crippen molar-refractivity contribution in [3.8, 4) is 0 Å². The van der Waals surface area contributed by atoms with Crippen LogP contribution in [0.2, 0.25) is 5.02 Å². The Bertz CT molecular complexity index is 920. The van der Waals surface area contributed by atoms with Crippen molar-refractivity contribution in [2.24, 2.45) is 0 Å². The molecule has 2 aromatic carbocycles. The van der Waals surface area contributed by atoms with E-state index in [1.807, 2.05) is 55.5 Å². The summed E-state index contributed by atoms with van der Waals surface area (Å²) in [6.45, 7) is 2.22. The summed E-state index contributed by atoms with van der Waals surface area (Å²) in [5, 5.41) is 3.88. The first-order valence-corrected chi connectivity index (χ1v) is 13.4. The van der Waals surface area contributed by atoms with Crippen molar-refractivity contribution >= 4 is 51.1 Å². The predicted octanol–water partition coefficient (Wildman–Crippen LogP) is 6.20. The number of rotatable bonds is 9. The van der Waals surface area contributed by atoms with E-state index in [1.165, 1.54) is 18.2 Å². The van der Waals surface area contributed by atoms with Crippen LogP contribution in [0, 0.1) is 0 Å². The second-order valence-corrected chi connectivity index (χ2v) is 10.6. The molecule has 0 bridgehead atoms. The number of carbonyl (C=O) groups is 2. The number of carbonyl (C=O) groups excluding carboxylic acids is 2. The Morgan fingerprint density at radius 1 is 1.16 bits per heavy atom. The van der Waals surface area contributed by atoms with Crippen molar-refractivity contribution in [2.45, 2.75) is 63.4 Å². The average molecular weight is 538 g/mol. The number of nitrogens with one attached hydrogen (secondary N) is 1. The number of hydrogen-bond donors (Lipinski definition) is 1. The van der Waals surface area contributed by atoms with E-state index in [-0.39, 0.29) is 17.9 Å². The molecular formula is C25H30BrClN2O2S. The third-order valence-corrected chi connectivity index (χ3v) is 7.63. The molecule has 0 spiro atoms. The number of halogens is 2. The first kappa shape index (κ1) is 25.1. The smallest absolute Gasteiger partial charge is 0.242 e. The zero-order chi connectivity index (χ0) is 22.9. The van der Waals surface area contributed by atoms with E-state index in [1.54, 1.807) is 4.90 Å². The van der Waals surface area contributed by atoms with Crippen LogP contribution in [0.15, 0.2) is 53.0 Å². The van der Waals surface area contributed by atoms with Gasteiger partial charge in [-0.25, -0.2) is 0 Å². The first-order chi connectivity index (χ1) is 15.4. The number of nitrogens with zero attached hydrogens (tertiary/aromatic N) is 1. The first-order valence-electron chi connectivity index (χ1n) is 11.1. The molecule has 1 fully saturated rings. The fourth-order valence-electron chi connectivity index (χ4n) is 3.93. The van der Waals surface area contributed by atoms with Crippen LogP contribution in [-0.2, 0) is 21.9 Å². The Morgan fingerprint density at radius 2 is 1.91 bits per heavy atom. The van der Waals surface area contributed by atoms with Crippen LogP contribution in [-0.4, -0.2) is 34.6 Å². The van der Waals surface area contributed by atoms with Gasteiger partial charge in [-0.1, -0.05) is 77.1 Å². The fraction of sp³-hybridized carbons (Fsp3) is 0.440. The molecule has 7 heteroatoms. The van der Waals surface area contributed by atoms with Gasteiger partial charge in [0.05, 0.1) is 5.75 Å². The van der Waals surface area contributed by atoms with Crippen LogP contribution in [0.3, 0.4) is 0 Å².